The summed E-state index contributed by atoms with van der Waals surface area (Å²) in [5.74, 6) is 6.77. The molecule has 0 heterocycles. The first-order valence-electron chi connectivity index (χ1n) is 5.48. The van der Waals surface area contributed by atoms with Gasteiger partial charge in [-0.25, -0.2) is 5.84 Å². The number of nitrogens with two attached hydrogens (primary N) is 1. The van der Waals surface area contributed by atoms with Crippen LogP contribution in [0.5, 0.6) is 0 Å². The van der Waals surface area contributed by atoms with Crippen LogP contribution < -0.4 is 16.6 Å². The fourth-order valence-corrected chi connectivity index (χ4v) is 2.14. The Morgan fingerprint density at radius 1 is 1.36 bits per heavy atom. The molecule has 0 aliphatic heterocycles. The molecular formula is C10H22N4. The van der Waals surface area contributed by atoms with Gasteiger partial charge in [0.2, 0.25) is 5.96 Å². The van der Waals surface area contributed by atoms with Gasteiger partial charge in [0.25, 0.3) is 0 Å². The Bertz CT molecular complexity index is 185. The third-order valence-electron chi connectivity index (χ3n) is 3.08. The van der Waals surface area contributed by atoms with Crippen LogP contribution >= 0.6 is 0 Å². The standard InChI is InChI=1S/C10H22N4/c1-8(13-10(12-2)14-11)9-6-4-3-5-7-9/h8-9H,3-7,11H2,1-2H3,(H2,12,13,14). The molecule has 0 saturated heterocycles. The number of nitrogens with zero attached hydrogens (tertiary/aromatic N) is 1. The van der Waals surface area contributed by atoms with Gasteiger partial charge in [0.05, 0.1) is 0 Å². The second kappa shape index (κ2) is 5.86. The van der Waals surface area contributed by atoms with Crippen molar-refractivity contribution in [2.45, 2.75) is 45.1 Å². The molecule has 0 amide bonds. The molecule has 0 aromatic heterocycles. The molecule has 4 N–H and O–H groups in total. The van der Waals surface area contributed by atoms with Crippen molar-refractivity contribution in [2.24, 2.45) is 16.8 Å². The molecule has 1 fully saturated rings. The third-order valence-corrected chi connectivity index (χ3v) is 3.08. The van der Waals surface area contributed by atoms with Crippen LogP contribution in [0.1, 0.15) is 39.0 Å². The summed E-state index contributed by atoms with van der Waals surface area (Å²) in [4.78, 5) is 4.01. The van der Waals surface area contributed by atoms with Crippen LogP contribution in [0.15, 0.2) is 4.99 Å². The van der Waals surface area contributed by atoms with E-state index in [1.165, 1.54) is 32.1 Å². The van der Waals surface area contributed by atoms with E-state index in [1.54, 1.807) is 7.05 Å². The van der Waals surface area contributed by atoms with Crippen molar-refractivity contribution >= 4 is 5.96 Å². The molecular weight excluding hydrogens is 176 g/mol. The minimum absolute atomic E-state index is 0.463. The van der Waals surface area contributed by atoms with Gasteiger partial charge in [-0.3, -0.25) is 10.4 Å². The van der Waals surface area contributed by atoms with E-state index in [0.29, 0.717) is 12.0 Å². The Kier molecular flexibility index (Phi) is 4.73. The fourth-order valence-electron chi connectivity index (χ4n) is 2.14. The van der Waals surface area contributed by atoms with E-state index in [0.717, 1.165) is 5.92 Å². The number of guanidine groups is 1. The monoisotopic (exact) mass is 198 g/mol. The van der Waals surface area contributed by atoms with Gasteiger partial charge < -0.3 is 5.32 Å². The number of hydrogen-bond acceptors (Lipinski definition) is 2. The zero-order chi connectivity index (χ0) is 10.4. The highest BCUT2D eigenvalue weighted by Gasteiger charge is 2.20. The van der Waals surface area contributed by atoms with E-state index in [9.17, 15) is 0 Å². The first kappa shape index (κ1) is 11.3. The predicted molar refractivity (Wildman–Crippen MR) is 59.9 cm³/mol. The number of hydrogen-bond donors (Lipinski definition) is 3. The third kappa shape index (κ3) is 3.18. The maximum absolute atomic E-state index is 5.32. The summed E-state index contributed by atoms with van der Waals surface area (Å²) in [6.07, 6.45) is 6.79. The van der Waals surface area contributed by atoms with Crippen molar-refractivity contribution in [3.8, 4) is 0 Å². The van der Waals surface area contributed by atoms with Crippen LogP contribution in [-0.2, 0) is 0 Å². The lowest BCUT2D eigenvalue weighted by molar-refractivity contribution is 0.300. The second-order valence-corrected chi connectivity index (χ2v) is 4.05. The minimum Gasteiger partial charge on any atom is -0.353 e. The van der Waals surface area contributed by atoms with Crippen molar-refractivity contribution in [2.75, 3.05) is 7.05 Å². The van der Waals surface area contributed by atoms with Gasteiger partial charge in [-0.1, -0.05) is 19.3 Å². The van der Waals surface area contributed by atoms with E-state index in [2.05, 4.69) is 22.7 Å². The lowest BCUT2D eigenvalue weighted by Crippen LogP contribution is -2.48. The van der Waals surface area contributed by atoms with Crippen LogP contribution in [0, 0.1) is 5.92 Å². The van der Waals surface area contributed by atoms with Crippen LogP contribution in [-0.4, -0.2) is 19.0 Å². The van der Waals surface area contributed by atoms with Gasteiger partial charge in [-0.05, 0) is 25.7 Å². The molecule has 4 heteroatoms. The van der Waals surface area contributed by atoms with Crippen LogP contribution in [0.25, 0.3) is 0 Å². The Morgan fingerprint density at radius 3 is 2.50 bits per heavy atom. The van der Waals surface area contributed by atoms with Gasteiger partial charge in [-0.2, -0.15) is 0 Å². The lowest BCUT2D eigenvalue weighted by Gasteiger charge is -2.29. The van der Waals surface area contributed by atoms with Crippen molar-refractivity contribution in [3.05, 3.63) is 0 Å². The number of aliphatic imine (C=N–C) groups is 1. The van der Waals surface area contributed by atoms with Gasteiger partial charge >= 0.3 is 0 Å². The molecule has 1 saturated carbocycles. The van der Waals surface area contributed by atoms with Crippen LogP contribution in [0.3, 0.4) is 0 Å². The van der Waals surface area contributed by atoms with Gasteiger partial charge in [-0.15, -0.1) is 0 Å². The maximum atomic E-state index is 5.32. The van der Waals surface area contributed by atoms with E-state index in [1.807, 2.05) is 0 Å². The van der Waals surface area contributed by atoms with Gasteiger partial charge in [0.1, 0.15) is 0 Å². The smallest absolute Gasteiger partial charge is 0.205 e. The summed E-state index contributed by atoms with van der Waals surface area (Å²) >= 11 is 0. The first-order valence-corrected chi connectivity index (χ1v) is 5.48. The van der Waals surface area contributed by atoms with E-state index in [-0.39, 0.29) is 0 Å². The zero-order valence-corrected chi connectivity index (χ0v) is 9.21. The molecule has 1 aliphatic rings. The van der Waals surface area contributed by atoms with Crippen molar-refractivity contribution in [3.63, 3.8) is 0 Å². The summed E-state index contributed by atoms with van der Waals surface area (Å²) in [5, 5.41) is 3.30. The van der Waals surface area contributed by atoms with Crippen molar-refractivity contribution in [1.82, 2.24) is 10.7 Å². The SMILES string of the molecule is CN=C(NN)NC(C)C1CCCCC1. The Morgan fingerprint density at radius 2 is 2.00 bits per heavy atom. The molecule has 14 heavy (non-hydrogen) atoms. The van der Waals surface area contributed by atoms with E-state index in [4.69, 9.17) is 5.84 Å². The Hall–Kier alpha value is -0.770. The molecule has 4 nitrogen and oxygen atoms in total. The largest absolute Gasteiger partial charge is 0.353 e. The molecule has 0 bridgehead atoms. The lowest BCUT2D eigenvalue weighted by atomic mass is 9.85. The summed E-state index contributed by atoms with van der Waals surface area (Å²) in [5.41, 5.74) is 2.56. The molecule has 0 radical (unpaired) electrons. The van der Waals surface area contributed by atoms with Crippen molar-refractivity contribution < 1.29 is 0 Å². The first-order chi connectivity index (χ1) is 6.77. The normalized spacial score (nSPS) is 21.8. The maximum Gasteiger partial charge on any atom is 0.205 e. The highest BCUT2D eigenvalue weighted by Crippen LogP contribution is 2.26. The Labute approximate surface area is 86.3 Å². The van der Waals surface area contributed by atoms with Gasteiger partial charge in [0, 0.05) is 13.1 Å². The average Bonchev–Trinajstić information content (AvgIpc) is 2.26. The topological polar surface area (TPSA) is 62.4 Å². The Balaban J connectivity index is 2.35. The molecule has 0 spiro atoms. The number of rotatable bonds is 2. The second-order valence-electron chi connectivity index (χ2n) is 4.05. The van der Waals surface area contributed by atoms with Gasteiger partial charge in [0.15, 0.2) is 0 Å². The number of nitrogens with one attached hydrogen (secondary N) is 2. The average molecular weight is 198 g/mol. The molecule has 0 aromatic rings. The summed E-state index contributed by atoms with van der Waals surface area (Å²) < 4.78 is 0. The van der Waals surface area contributed by atoms with Crippen LogP contribution in [0.2, 0.25) is 0 Å². The highest BCUT2D eigenvalue weighted by molar-refractivity contribution is 5.79. The highest BCUT2D eigenvalue weighted by atomic mass is 15.3. The van der Waals surface area contributed by atoms with E-state index < -0.39 is 0 Å². The fraction of sp³-hybridized carbons (Fsp3) is 0.900. The van der Waals surface area contributed by atoms with Crippen LogP contribution in [0.4, 0.5) is 0 Å². The zero-order valence-electron chi connectivity index (χ0n) is 9.21. The molecule has 1 atom stereocenters. The predicted octanol–water partition coefficient (Wildman–Crippen LogP) is 0.994. The summed E-state index contributed by atoms with van der Waals surface area (Å²) in [6, 6.07) is 0.463. The minimum atomic E-state index is 0.463. The molecule has 1 rings (SSSR count). The molecule has 1 aliphatic carbocycles. The molecule has 1 unspecified atom stereocenters. The quantitative estimate of drug-likeness (QED) is 0.268. The molecule has 82 valence electrons. The van der Waals surface area contributed by atoms with E-state index >= 15 is 0 Å². The molecule has 0 aromatic carbocycles. The summed E-state index contributed by atoms with van der Waals surface area (Å²) in [7, 11) is 1.73. The van der Waals surface area contributed by atoms with Crippen molar-refractivity contribution in [1.29, 1.82) is 0 Å². The number of hydrazine groups is 1. The summed E-state index contributed by atoms with van der Waals surface area (Å²) in [6.45, 7) is 2.21.